The van der Waals surface area contributed by atoms with E-state index in [-0.39, 0.29) is 5.91 Å². The zero-order valence-corrected chi connectivity index (χ0v) is 16.7. The van der Waals surface area contributed by atoms with Crippen LogP contribution < -0.4 is 9.64 Å². The van der Waals surface area contributed by atoms with E-state index in [1.165, 1.54) is 0 Å². The molecular formula is C24H22N2O3. The van der Waals surface area contributed by atoms with Crippen LogP contribution in [0.25, 0.3) is 11.0 Å². The van der Waals surface area contributed by atoms with Gasteiger partial charge in [0.25, 0.3) is 5.91 Å². The van der Waals surface area contributed by atoms with Gasteiger partial charge >= 0.3 is 0 Å². The summed E-state index contributed by atoms with van der Waals surface area (Å²) < 4.78 is 11.2. The minimum atomic E-state index is -0.217. The summed E-state index contributed by atoms with van der Waals surface area (Å²) in [6.07, 6.45) is 1.68. The van der Waals surface area contributed by atoms with Gasteiger partial charge < -0.3 is 9.15 Å². The first kappa shape index (κ1) is 18.7. The molecule has 0 spiro atoms. The molecule has 4 aromatic rings. The number of nitrogens with zero attached hydrogens (tertiary/aromatic N) is 2. The third-order valence-corrected chi connectivity index (χ3v) is 4.96. The first-order valence-corrected chi connectivity index (χ1v) is 9.42. The maximum Gasteiger partial charge on any atom is 0.295 e. The molecule has 2 heterocycles. The minimum absolute atomic E-state index is 0.217. The molecule has 0 radical (unpaired) electrons. The summed E-state index contributed by atoms with van der Waals surface area (Å²) in [5, 5.41) is 0.948. The summed E-state index contributed by atoms with van der Waals surface area (Å²) in [7, 11) is 1.63. The van der Waals surface area contributed by atoms with Crippen molar-refractivity contribution in [3.8, 4) is 5.75 Å². The molecule has 0 aliphatic heterocycles. The van der Waals surface area contributed by atoms with Crippen molar-refractivity contribution in [2.75, 3.05) is 12.0 Å². The molecule has 0 fully saturated rings. The monoisotopic (exact) mass is 386 g/mol. The van der Waals surface area contributed by atoms with Crippen LogP contribution in [0, 0.1) is 13.8 Å². The van der Waals surface area contributed by atoms with Crippen LogP contribution in [0.1, 0.15) is 27.2 Å². The molecule has 0 saturated heterocycles. The molecule has 0 unspecified atom stereocenters. The molecular weight excluding hydrogens is 364 g/mol. The first-order valence-electron chi connectivity index (χ1n) is 9.42. The number of pyridine rings is 1. The lowest BCUT2D eigenvalue weighted by Crippen LogP contribution is -2.31. The number of benzene rings is 2. The van der Waals surface area contributed by atoms with Gasteiger partial charge in [-0.15, -0.1) is 0 Å². The summed E-state index contributed by atoms with van der Waals surface area (Å²) in [5.74, 6) is 1.47. The number of amides is 1. The Balaban J connectivity index is 1.74. The van der Waals surface area contributed by atoms with Gasteiger partial charge in [0.1, 0.15) is 17.2 Å². The van der Waals surface area contributed by atoms with E-state index in [1.54, 1.807) is 18.2 Å². The number of rotatable bonds is 5. The second-order valence-electron chi connectivity index (χ2n) is 6.98. The highest BCUT2D eigenvalue weighted by Crippen LogP contribution is 2.29. The van der Waals surface area contributed by atoms with Crippen molar-refractivity contribution in [3.05, 3.63) is 89.3 Å². The Labute approximate surface area is 169 Å². The summed E-state index contributed by atoms with van der Waals surface area (Å²) in [4.78, 5) is 19.5. The van der Waals surface area contributed by atoms with Crippen molar-refractivity contribution in [2.45, 2.75) is 20.4 Å². The zero-order chi connectivity index (χ0) is 20.4. The smallest absolute Gasteiger partial charge is 0.295 e. The highest BCUT2D eigenvalue weighted by atomic mass is 16.5. The van der Waals surface area contributed by atoms with Crippen molar-refractivity contribution < 1.29 is 13.9 Å². The minimum Gasteiger partial charge on any atom is -0.497 e. The van der Waals surface area contributed by atoms with Crippen LogP contribution in [0.5, 0.6) is 5.75 Å². The van der Waals surface area contributed by atoms with Crippen molar-refractivity contribution in [2.24, 2.45) is 0 Å². The molecule has 5 heteroatoms. The average Bonchev–Trinajstić information content (AvgIpc) is 3.08. The molecule has 2 aromatic heterocycles. The number of ether oxygens (including phenoxy) is 1. The van der Waals surface area contributed by atoms with E-state index in [1.807, 2.05) is 74.5 Å². The van der Waals surface area contributed by atoms with E-state index in [0.29, 0.717) is 18.1 Å². The summed E-state index contributed by atoms with van der Waals surface area (Å²) >= 11 is 0. The van der Waals surface area contributed by atoms with Gasteiger partial charge in [-0.25, -0.2) is 4.98 Å². The average molecular weight is 386 g/mol. The topological polar surface area (TPSA) is 55.6 Å². The number of hydrogen-bond donors (Lipinski definition) is 0. The number of furan rings is 1. The van der Waals surface area contributed by atoms with Crippen LogP contribution in [0.4, 0.5) is 5.82 Å². The van der Waals surface area contributed by atoms with Crippen molar-refractivity contribution >= 4 is 22.7 Å². The molecule has 146 valence electrons. The molecule has 0 N–H and O–H groups in total. The third kappa shape index (κ3) is 3.72. The Kier molecular flexibility index (Phi) is 5.04. The van der Waals surface area contributed by atoms with E-state index in [9.17, 15) is 4.79 Å². The second kappa shape index (κ2) is 7.80. The molecule has 4 rings (SSSR count). The van der Waals surface area contributed by atoms with Gasteiger partial charge in [-0.3, -0.25) is 9.69 Å². The first-order chi connectivity index (χ1) is 14.1. The molecule has 0 bridgehead atoms. The predicted octanol–water partition coefficient (Wildman–Crippen LogP) is 5.30. The number of methoxy groups -OCH3 is 1. The Morgan fingerprint density at radius 3 is 2.55 bits per heavy atom. The van der Waals surface area contributed by atoms with Gasteiger partial charge in [-0.2, -0.15) is 0 Å². The lowest BCUT2D eigenvalue weighted by molar-refractivity contribution is 0.0959. The van der Waals surface area contributed by atoms with Crippen LogP contribution in [-0.2, 0) is 6.54 Å². The molecule has 0 saturated carbocycles. The third-order valence-electron chi connectivity index (χ3n) is 4.96. The fourth-order valence-corrected chi connectivity index (χ4v) is 3.34. The van der Waals surface area contributed by atoms with Crippen molar-refractivity contribution in [3.63, 3.8) is 0 Å². The molecule has 0 aliphatic rings. The van der Waals surface area contributed by atoms with Crippen molar-refractivity contribution in [1.82, 2.24) is 4.98 Å². The van der Waals surface area contributed by atoms with E-state index < -0.39 is 0 Å². The van der Waals surface area contributed by atoms with Crippen LogP contribution >= 0.6 is 0 Å². The van der Waals surface area contributed by atoms with Crippen molar-refractivity contribution in [1.29, 1.82) is 0 Å². The summed E-state index contributed by atoms with van der Waals surface area (Å²) in [5.41, 5.74) is 3.61. The Bertz CT molecular complexity index is 1150. The number of carbonyl (C=O) groups excluding carboxylic acids is 1. The number of aryl methyl sites for hydroxylation is 2. The molecule has 29 heavy (non-hydrogen) atoms. The van der Waals surface area contributed by atoms with Gasteiger partial charge in [-0.05, 0) is 55.3 Å². The fraction of sp³-hybridized carbons (Fsp3) is 0.167. The van der Waals surface area contributed by atoms with Crippen LogP contribution in [0.2, 0.25) is 0 Å². The van der Waals surface area contributed by atoms with Gasteiger partial charge in [0.2, 0.25) is 0 Å². The summed E-state index contributed by atoms with van der Waals surface area (Å²) in [6, 6.07) is 19.1. The van der Waals surface area contributed by atoms with Gasteiger partial charge in [0, 0.05) is 17.1 Å². The number of hydrogen-bond acceptors (Lipinski definition) is 4. The molecule has 2 aromatic carbocycles. The Morgan fingerprint density at radius 1 is 1.07 bits per heavy atom. The second-order valence-corrected chi connectivity index (χ2v) is 6.98. The number of fused-ring (bicyclic) bond motifs is 1. The number of carbonyl (C=O) groups is 1. The SMILES string of the molecule is COc1ccc(CN(C(=O)c2oc3cc(C)ccc3c2C)c2ccccn2)cc1. The lowest BCUT2D eigenvalue weighted by Gasteiger charge is -2.21. The molecule has 0 aliphatic carbocycles. The molecule has 1 amide bonds. The van der Waals surface area contributed by atoms with Crippen LogP contribution in [0.15, 0.2) is 71.3 Å². The van der Waals surface area contributed by atoms with E-state index >= 15 is 0 Å². The maximum absolute atomic E-state index is 13.5. The molecule has 5 nitrogen and oxygen atoms in total. The maximum atomic E-state index is 13.5. The largest absolute Gasteiger partial charge is 0.497 e. The lowest BCUT2D eigenvalue weighted by atomic mass is 10.1. The zero-order valence-electron chi connectivity index (χ0n) is 16.7. The highest BCUT2D eigenvalue weighted by molar-refractivity contribution is 6.07. The number of anilines is 1. The van der Waals surface area contributed by atoms with E-state index in [4.69, 9.17) is 9.15 Å². The highest BCUT2D eigenvalue weighted by Gasteiger charge is 2.25. The van der Waals surface area contributed by atoms with E-state index in [2.05, 4.69) is 4.98 Å². The predicted molar refractivity (Wildman–Crippen MR) is 113 cm³/mol. The Hall–Kier alpha value is -3.60. The quantitative estimate of drug-likeness (QED) is 0.467. The van der Waals surface area contributed by atoms with Crippen LogP contribution in [-0.4, -0.2) is 18.0 Å². The Morgan fingerprint density at radius 2 is 1.86 bits per heavy atom. The van der Waals surface area contributed by atoms with Gasteiger partial charge in [-0.1, -0.05) is 30.3 Å². The standard InChI is InChI=1S/C24H22N2O3/c1-16-7-12-20-17(2)23(29-21(20)14-16)24(27)26(22-6-4-5-13-25-22)15-18-8-10-19(28-3)11-9-18/h4-14H,15H2,1-3H3. The summed E-state index contributed by atoms with van der Waals surface area (Å²) in [6.45, 7) is 4.29. The normalized spacial score (nSPS) is 10.9. The molecule has 0 atom stereocenters. The van der Waals surface area contributed by atoms with Gasteiger partial charge in [0.15, 0.2) is 5.76 Å². The number of aromatic nitrogens is 1. The van der Waals surface area contributed by atoms with Gasteiger partial charge in [0.05, 0.1) is 13.7 Å². The van der Waals surface area contributed by atoms with Crippen LogP contribution in [0.3, 0.4) is 0 Å². The fourth-order valence-electron chi connectivity index (χ4n) is 3.34. The van der Waals surface area contributed by atoms with E-state index in [0.717, 1.165) is 33.4 Å².